The number of carbonyl (C=O) groups is 3. The van der Waals surface area contributed by atoms with Gasteiger partial charge in [0.05, 0.1) is 42.1 Å². The molecule has 0 bridgehead atoms. The topological polar surface area (TPSA) is 186 Å². The van der Waals surface area contributed by atoms with Crippen molar-refractivity contribution in [2.45, 2.75) is 69.4 Å². The minimum atomic E-state index is -2.00. The van der Waals surface area contributed by atoms with Crippen LogP contribution in [-0.4, -0.2) is 75.0 Å². The minimum absolute atomic E-state index is 0.0147. The van der Waals surface area contributed by atoms with Crippen molar-refractivity contribution >= 4 is 17.3 Å². The number of nitrogens with two attached hydrogens (primary N) is 1. The predicted octanol–water partition coefficient (Wildman–Crippen LogP) is 1.03. The third-order valence-corrected chi connectivity index (χ3v) is 7.80. The largest absolute Gasteiger partial charge is 0.507 e. The first-order valence-electron chi connectivity index (χ1n) is 12.2. The van der Waals surface area contributed by atoms with Crippen LogP contribution in [0, 0.1) is 0 Å². The summed E-state index contributed by atoms with van der Waals surface area (Å²) < 4.78 is 17.1. The number of phenols is 2. The first-order chi connectivity index (χ1) is 17.9. The van der Waals surface area contributed by atoms with E-state index in [9.17, 15) is 34.8 Å². The zero-order valence-electron chi connectivity index (χ0n) is 21.1. The third kappa shape index (κ3) is 3.81. The number of benzene rings is 2. The fourth-order valence-electron chi connectivity index (χ4n) is 5.66. The van der Waals surface area contributed by atoms with Crippen LogP contribution in [0.15, 0.2) is 18.2 Å². The highest BCUT2D eigenvalue weighted by molar-refractivity contribution is 6.31. The monoisotopic (exact) mass is 527 g/mol. The summed E-state index contributed by atoms with van der Waals surface area (Å²) in [4.78, 5) is 39.6. The maximum Gasteiger partial charge on any atom is 0.202 e. The molecule has 6 N–H and O–H groups in total. The number of hydrogen-bond donors (Lipinski definition) is 5. The maximum atomic E-state index is 13.6. The van der Waals surface area contributed by atoms with E-state index in [1.807, 2.05) is 0 Å². The fraction of sp³-hybridized carbons (Fsp3) is 0.444. The molecule has 3 aliphatic rings. The molecule has 38 heavy (non-hydrogen) atoms. The van der Waals surface area contributed by atoms with Gasteiger partial charge in [0.15, 0.2) is 17.9 Å². The molecule has 1 aliphatic heterocycles. The molecule has 0 amide bonds. The Labute approximate surface area is 217 Å². The number of phenolic OH excluding ortho intramolecular Hbond substituents is 2. The van der Waals surface area contributed by atoms with Gasteiger partial charge < -0.3 is 40.4 Å². The van der Waals surface area contributed by atoms with Crippen molar-refractivity contribution < 1.29 is 49.0 Å². The van der Waals surface area contributed by atoms with Crippen LogP contribution in [0.3, 0.4) is 0 Å². The Balaban J connectivity index is 1.68. The Kier molecular flexibility index (Phi) is 6.32. The number of carbonyl (C=O) groups excluding carboxylic acids is 3. The smallest absolute Gasteiger partial charge is 0.202 e. The summed E-state index contributed by atoms with van der Waals surface area (Å²) in [6.45, 7) is 2.79. The van der Waals surface area contributed by atoms with Gasteiger partial charge in [-0.15, -0.1) is 0 Å². The van der Waals surface area contributed by atoms with Crippen molar-refractivity contribution in [1.82, 2.24) is 0 Å². The summed E-state index contributed by atoms with van der Waals surface area (Å²) in [5.74, 6) is -3.18. The van der Waals surface area contributed by atoms with Gasteiger partial charge in [0.1, 0.15) is 22.8 Å². The van der Waals surface area contributed by atoms with Crippen LogP contribution in [0.25, 0.3) is 0 Å². The molecular weight excluding hydrogens is 498 g/mol. The first-order valence-corrected chi connectivity index (χ1v) is 12.2. The van der Waals surface area contributed by atoms with E-state index in [-0.39, 0.29) is 40.8 Å². The van der Waals surface area contributed by atoms with Gasteiger partial charge in [-0.3, -0.25) is 14.4 Å². The molecule has 0 saturated carbocycles. The molecule has 1 saturated heterocycles. The molecule has 0 spiro atoms. The number of aliphatic hydroxyl groups is 2. The zero-order chi connectivity index (χ0) is 27.7. The van der Waals surface area contributed by atoms with Gasteiger partial charge in [0.2, 0.25) is 5.78 Å². The fourth-order valence-corrected chi connectivity index (χ4v) is 5.66. The van der Waals surface area contributed by atoms with Crippen molar-refractivity contribution in [3.8, 4) is 17.2 Å². The van der Waals surface area contributed by atoms with Gasteiger partial charge in [0.25, 0.3) is 0 Å². The predicted molar refractivity (Wildman–Crippen MR) is 130 cm³/mol. The van der Waals surface area contributed by atoms with E-state index in [4.69, 9.17) is 19.9 Å². The standard InChI is InChI=1S/C27H29NO10/c1-10-22(30)14(28)7-17(37-10)38-16-9-27(35,11(2)29)8-13-19(16)26(34)21-20(24(13)32)23(31)12-5-4-6-15(36-3)18(12)25(21)33/h4-6,10,14,16-17,22,30,32,34-35H,7-9,28H2,1-3H3/t10-,14+,16+,17-,22+,27-/m1/s1. The number of fused-ring (bicyclic) bond motifs is 3. The quantitative estimate of drug-likeness (QED) is 0.305. The minimum Gasteiger partial charge on any atom is -0.507 e. The number of aromatic hydroxyl groups is 2. The van der Waals surface area contributed by atoms with E-state index < -0.39 is 82.6 Å². The number of ketones is 3. The molecule has 202 valence electrons. The van der Waals surface area contributed by atoms with Crippen LogP contribution in [0.5, 0.6) is 17.2 Å². The third-order valence-electron chi connectivity index (χ3n) is 7.80. The molecule has 0 unspecified atom stereocenters. The zero-order valence-corrected chi connectivity index (χ0v) is 21.1. The van der Waals surface area contributed by atoms with Gasteiger partial charge in [-0.05, 0) is 19.9 Å². The van der Waals surface area contributed by atoms with Crippen molar-refractivity contribution in [2.75, 3.05) is 7.11 Å². The lowest BCUT2D eigenvalue weighted by Gasteiger charge is -2.42. The van der Waals surface area contributed by atoms with Crippen LogP contribution in [0.2, 0.25) is 0 Å². The summed E-state index contributed by atoms with van der Waals surface area (Å²) in [6.07, 6.45) is -4.53. The highest BCUT2D eigenvalue weighted by atomic mass is 16.7. The summed E-state index contributed by atoms with van der Waals surface area (Å²) in [5, 5.41) is 44.1. The number of ether oxygens (including phenoxy) is 3. The van der Waals surface area contributed by atoms with E-state index in [0.717, 1.165) is 0 Å². The van der Waals surface area contributed by atoms with E-state index in [1.165, 1.54) is 32.2 Å². The molecule has 0 radical (unpaired) electrons. The van der Waals surface area contributed by atoms with Gasteiger partial charge in [-0.1, -0.05) is 12.1 Å². The molecule has 0 aromatic heterocycles. The SMILES string of the molecule is COc1cccc2c1C(=O)c1c(O)c3c(c(O)c1C2=O)C[C@](O)(C(C)=O)C[C@@H]3O[C@@H]1C[C@H](N)[C@@H](O)[C@@H](C)O1. The molecule has 2 aromatic rings. The maximum absolute atomic E-state index is 13.6. The van der Waals surface area contributed by atoms with E-state index in [2.05, 4.69) is 0 Å². The molecule has 5 rings (SSSR count). The number of rotatable bonds is 4. The average molecular weight is 528 g/mol. The van der Waals surface area contributed by atoms with Crippen molar-refractivity contribution in [2.24, 2.45) is 5.73 Å². The Bertz CT molecular complexity index is 1360. The molecule has 11 heteroatoms. The Morgan fingerprint density at radius 3 is 2.45 bits per heavy atom. The van der Waals surface area contributed by atoms with Gasteiger partial charge in [0, 0.05) is 42.0 Å². The second kappa shape index (κ2) is 9.14. The molecule has 11 nitrogen and oxygen atoms in total. The van der Waals surface area contributed by atoms with E-state index >= 15 is 0 Å². The highest BCUT2D eigenvalue weighted by Crippen LogP contribution is 2.52. The molecule has 1 heterocycles. The van der Waals surface area contributed by atoms with Crippen LogP contribution in [0.4, 0.5) is 0 Å². The molecule has 6 atom stereocenters. The number of aliphatic hydroxyl groups excluding tert-OH is 1. The van der Waals surface area contributed by atoms with Crippen molar-refractivity contribution in [3.05, 3.63) is 51.6 Å². The number of Topliss-reactive ketones (excluding diaryl/α,β-unsaturated/α-hetero) is 1. The average Bonchev–Trinajstić information content (AvgIpc) is 2.87. The second-order valence-electron chi connectivity index (χ2n) is 10.1. The first kappa shape index (κ1) is 26.3. The summed E-state index contributed by atoms with van der Waals surface area (Å²) in [7, 11) is 1.34. The summed E-state index contributed by atoms with van der Waals surface area (Å²) in [6, 6.07) is 3.75. The van der Waals surface area contributed by atoms with Gasteiger partial charge in [-0.25, -0.2) is 0 Å². The van der Waals surface area contributed by atoms with Crippen molar-refractivity contribution in [3.63, 3.8) is 0 Å². The van der Waals surface area contributed by atoms with Gasteiger partial charge in [-0.2, -0.15) is 0 Å². The Morgan fingerprint density at radius 1 is 1.13 bits per heavy atom. The van der Waals surface area contributed by atoms with Gasteiger partial charge >= 0.3 is 0 Å². The van der Waals surface area contributed by atoms with Crippen LogP contribution >= 0.6 is 0 Å². The van der Waals surface area contributed by atoms with Crippen LogP contribution in [-0.2, 0) is 20.7 Å². The van der Waals surface area contributed by atoms with E-state index in [1.54, 1.807) is 6.92 Å². The normalized spacial score (nSPS) is 30.3. The highest BCUT2D eigenvalue weighted by Gasteiger charge is 2.49. The molecular formula is C27H29NO10. The number of hydrogen-bond acceptors (Lipinski definition) is 11. The summed E-state index contributed by atoms with van der Waals surface area (Å²) in [5.41, 5.74) is 2.97. The Morgan fingerprint density at radius 2 is 1.82 bits per heavy atom. The lowest BCUT2D eigenvalue weighted by Crippen LogP contribution is -2.52. The summed E-state index contributed by atoms with van der Waals surface area (Å²) >= 11 is 0. The van der Waals surface area contributed by atoms with E-state index in [0.29, 0.717) is 0 Å². The lowest BCUT2D eigenvalue weighted by atomic mass is 9.72. The molecule has 1 fully saturated rings. The Hall–Kier alpha value is -3.35. The molecule has 2 aromatic carbocycles. The lowest BCUT2D eigenvalue weighted by molar-refractivity contribution is -0.247. The van der Waals surface area contributed by atoms with Crippen LogP contribution < -0.4 is 10.5 Å². The van der Waals surface area contributed by atoms with Crippen molar-refractivity contribution in [1.29, 1.82) is 0 Å². The number of methoxy groups -OCH3 is 1. The second-order valence-corrected chi connectivity index (χ2v) is 10.1. The van der Waals surface area contributed by atoms with Crippen LogP contribution in [0.1, 0.15) is 75.8 Å². The molecule has 2 aliphatic carbocycles.